The third-order valence-corrected chi connectivity index (χ3v) is 2.23. The number of nitrogens with zero attached hydrogens (tertiary/aromatic N) is 1. The van der Waals surface area contributed by atoms with Crippen molar-refractivity contribution in [3.63, 3.8) is 0 Å². The largest absolute Gasteiger partial charge is 0.461 e. The Morgan fingerprint density at radius 1 is 1.25 bits per heavy atom. The smallest absolute Gasteiger partial charge is 0.410 e. The van der Waals surface area contributed by atoms with Gasteiger partial charge in [-0.3, -0.25) is 4.79 Å². The highest BCUT2D eigenvalue weighted by Crippen LogP contribution is 2.14. The molecular formula is C14H21NO5. The number of amides is 1. The highest BCUT2D eigenvalue weighted by molar-refractivity contribution is 5.67. The normalized spacial score (nSPS) is 11.1. The highest BCUT2D eigenvalue weighted by Gasteiger charge is 2.20. The van der Waals surface area contributed by atoms with E-state index < -0.39 is 11.7 Å². The van der Waals surface area contributed by atoms with Gasteiger partial charge >= 0.3 is 12.1 Å². The molecule has 0 radical (unpaired) electrons. The Hall–Kier alpha value is -1.98. The fourth-order valence-electron chi connectivity index (χ4n) is 1.40. The minimum Gasteiger partial charge on any atom is -0.461 e. The van der Waals surface area contributed by atoms with Gasteiger partial charge in [-0.25, -0.2) is 4.79 Å². The molecule has 0 saturated carbocycles. The van der Waals surface area contributed by atoms with Gasteiger partial charge in [0, 0.05) is 14.0 Å². The Kier molecular flexibility index (Phi) is 5.19. The lowest BCUT2D eigenvalue weighted by molar-refractivity contribution is -0.142. The third-order valence-electron chi connectivity index (χ3n) is 2.23. The van der Waals surface area contributed by atoms with E-state index in [1.807, 2.05) is 20.8 Å². The summed E-state index contributed by atoms with van der Waals surface area (Å²) in [6, 6.07) is 3.45. The van der Waals surface area contributed by atoms with Crippen LogP contribution in [0.2, 0.25) is 0 Å². The summed E-state index contributed by atoms with van der Waals surface area (Å²) < 4.78 is 15.5. The van der Waals surface area contributed by atoms with Crippen LogP contribution in [0.3, 0.4) is 0 Å². The number of carbonyl (C=O) groups is 2. The monoisotopic (exact) mass is 283 g/mol. The second kappa shape index (κ2) is 6.45. The van der Waals surface area contributed by atoms with Crippen molar-refractivity contribution in [3.05, 3.63) is 23.7 Å². The Balaban J connectivity index is 2.52. The maximum Gasteiger partial charge on any atom is 0.410 e. The first-order valence-electron chi connectivity index (χ1n) is 6.32. The average Bonchev–Trinajstić information content (AvgIpc) is 2.71. The summed E-state index contributed by atoms with van der Waals surface area (Å²) in [7, 11) is 1.63. The molecule has 1 amide bonds. The van der Waals surface area contributed by atoms with Crippen molar-refractivity contribution in [1.82, 2.24) is 4.90 Å². The molecule has 0 N–H and O–H groups in total. The number of furan rings is 1. The van der Waals surface area contributed by atoms with Crippen molar-refractivity contribution in [2.75, 3.05) is 7.05 Å². The molecule has 1 heterocycles. The first-order chi connectivity index (χ1) is 9.17. The van der Waals surface area contributed by atoms with E-state index in [-0.39, 0.29) is 19.1 Å². The lowest BCUT2D eigenvalue weighted by Gasteiger charge is -2.24. The van der Waals surface area contributed by atoms with E-state index in [4.69, 9.17) is 13.9 Å². The van der Waals surface area contributed by atoms with Crippen LogP contribution in [-0.2, 0) is 27.4 Å². The molecule has 0 aromatic carbocycles. The molecule has 6 nitrogen and oxygen atoms in total. The van der Waals surface area contributed by atoms with Crippen LogP contribution >= 0.6 is 0 Å². The SMILES string of the molecule is CC(=O)OCc1ccc(CN(C)C(=O)OC(C)(C)C)o1. The number of hydrogen-bond donors (Lipinski definition) is 0. The van der Waals surface area contributed by atoms with Gasteiger partial charge < -0.3 is 18.8 Å². The summed E-state index contributed by atoms with van der Waals surface area (Å²) in [5.41, 5.74) is -0.533. The topological polar surface area (TPSA) is 69.0 Å². The highest BCUT2D eigenvalue weighted by atomic mass is 16.6. The standard InChI is InChI=1S/C14H21NO5/c1-10(16)18-9-12-7-6-11(19-12)8-15(5)13(17)20-14(2,3)4/h6-7H,8-9H2,1-5H3. The molecule has 0 spiro atoms. The Morgan fingerprint density at radius 2 is 1.85 bits per heavy atom. The molecule has 0 aliphatic carbocycles. The first-order valence-corrected chi connectivity index (χ1v) is 6.32. The summed E-state index contributed by atoms with van der Waals surface area (Å²) in [6.07, 6.45) is -0.421. The fourth-order valence-corrected chi connectivity index (χ4v) is 1.40. The van der Waals surface area contributed by atoms with Crippen LogP contribution in [0, 0.1) is 0 Å². The van der Waals surface area contributed by atoms with Gasteiger partial charge in [-0.15, -0.1) is 0 Å². The maximum absolute atomic E-state index is 11.8. The van der Waals surface area contributed by atoms with E-state index in [9.17, 15) is 9.59 Å². The molecule has 20 heavy (non-hydrogen) atoms. The summed E-state index contributed by atoms with van der Waals surface area (Å²) in [5.74, 6) is 0.766. The van der Waals surface area contributed by atoms with Crippen molar-refractivity contribution >= 4 is 12.1 Å². The van der Waals surface area contributed by atoms with E-state index in [0.717, 1.165) is 0 Å². The fraction of sp³-hybridized carbons (Fsp3) is 0.571. The van der Waals surface area contributed by atoms with Gasteiger partial charge in [0.05, 0.1) is 6.54 Å². The van der Waals surface area contributed by atoms with Gasteiger partial charge in [0.2, 0.25) is 0 Å². The van der Waals surface area contributed by atoms with E-state index in [1.54, 1.807) is 19.2 Å². The molecule has 6 heteroatoms. The number of hydrogen-bond acceptors (Lipinski definition) is 5. The van der Waals surface area contributed by atoms with Crippen LogP contribution in [0.25, 0.3) is 0 Å². The molecule has 1 rings (SSSR count). The van der Waals surface area contributed by atoms with Crippen molar-refractivity contribution in [1.29, 1.82) is 0 Å². The molecular weight excluding hydrogens is 262 g/mol. The molecule has 1 aromatic heterocycles. The molecule has 112 valence electrons. The van der Waals surface area contributed by atoms with Crippen molar-refractivity contribution < 1.29 is 23.5 Å². The molecule has 0 fully saturated rings. The lowest BCUT2D eigenvalue weighted by atomic mass is 10.2. The predicted molar refractivity (Wildman–Crippen MR) is 71.9 cm³/mol. The first kappa shape index (κ1) is 16.1. The van der Waals surface area contributed by atoms with Crippen LogP contribution in [-0.4, -0.2) is 29.6 Å². The summed E-state index contributed by atoms with van der Waals surface area (Å²) in [6.45, 7) is 7.13. The second-order valence-electron chi connectivity index (χ2n) is 5.48. The number of carbonyl (C=O) groups excluding carboxylic acids is 2. The van der Waals surface area contributed by atoms with Crippen LogP contribution in [0.15, 0.2) is 16.5 Å². The van der Waals surface area contributed by atoms with Crippen LogP contribution in [0.5, 0.6) is 0 Å². The maximum atomic E-state index is 11.8. The number of esters is 1. The molecule has 1 aromatic rings. The third kappa shape index (κ3) is 5.77. The number of rotatable bonds is 4. The number of ether oxygens (including phenoxy) is 2. The predicted octanol–water partition coefficient (Wildman–Crippen LogP) is 2.71. The molecule has 0 aliphatic heterocycles. The van der Waals surface area contributed by atoms with E-state index in [1.165, 1.54) is 11.8 Å². The van der Waals surface area contributed by atoms with Crippen LogP contribution in [0.1, 0.15) is 39.2 Å². The van der Waals surface area contributed by atoms with Crippen LogP contribution in [0.4, 0.5) is 4.79 Å². The van der Waals surface area contributed by atoms with E-state index in [2.05, 4.69) is 0 Å². The molecule has 0 aliphatic rings. The lowest BCUT2D eigenvalue weighted by Crippen LogP contribution is -2.33. The van der Waals surface area contributed by atoms with Gasteiger partial charge in [-0.05, 0) is 32.9 Å². The van der Waals surface area contributed by atoms with Gasteiger partial charge in [0.1, 0.15) is 23.7 Å². The average molecular weight is 283 g/mol. The van der Waals surface area contributed by atoms with Crippen molar-refractivity contribution in [3.8, 4) is 0 Å². The molecule has 0 saturated heterocycles. The van der Waals surface area contributed by atoms with Crippen molar-refractivity contribution in [2.45, 2.75) is 46.4 Å². The van der Waals surface area contributed by atoms with Crippen LogP contribution < -0.4 is 0 Å². The van der Waals surface area contributed by atoms with E-state index in [0.29, 0.717) is 11.5 Å². The van der Waals surface area contributed by atoms with Crippen molar-refractivity contribution in [2.24, 2.45) is 0 Å². The van der Waals surface area contributed by atoms with E-state index >= 15 is 0 Å². The quantitative estimate of drug-likeness (QED) is 0.795. The summed E-state index contributed by atoms with van der Waals surface area (Å²) in [5, 5.41) is 0. The molecule has 0 bridgehead atoms. The van der Waals surface area contributed by atoms with Gasteiger partial charge in [0.15, 0.2) is 0 Å². The summed E-state index contributed by atoms with van der Waals surface area (Å²) in [4.78, 5) is 23.9. The van der Waals surface area contributed by atoms with Gasteiger partial charge in [-0.2, -0.15) is 0 Å². The van der Waals surface area contributed by atoms with Gasteiger partial charge in [-0.1, -0.05) is 0 Å². The molecule has 0 unspecified atom stereocenters. The minimum absolute atomic E-state index is 0.0888. The van der Waals surface area contributed by atoms with Gasteiger partial charge in [0.25, 0.3) is 0 Å². The Morgan fingerprint density at radius 3 is 2.40 bits per heavy atom. The molecule has 0 atom stereocenters. The second-order valence-corrected chi connectivity index (χ2v) is 5.48. The Labute approximate surface area is 118 Å². The minimum atomic E-state index is -0.533. The summed E-state index contributed by atoms with van der Waals surface area (Å²) >= 11 is 0. The zero-order chi connectivity index (χ0) is 15.3. The zero-order valence-electron chi connectivity index (χ0n) is 12.6. The Bertz CT molecular complexity index is 472. The zero-order valence-corrected chi connectivity index (χ0v) is 12.6.